The number of hydrogen-bond acceptors (Lipinski definition) is 5. The van der Waals surface area contributed by atoms with Gasteiger partial charge in [-0.2, -0.15) is 0 Å². The lowest BCUT2D eigenvalue weighted by molar-refractivity contribution is -0.136. The third-order valence-corrected chi connectivity index (χ3v) is 5.84. The van der Waals surface area contributed by atoms with Crippen LogP contribution in [0.4, 0.5) is 5.82 Å². The van der Waals surface area contributed by atoms with Crippen molar-refractivity contribution in [2.45, 2.75) is 65.3 Å². The number of carbonyl (C=O) groups excluding carboxylic acids is 1. The van der Waals surface area contributed by atoms with Gasteiger partial charge in [0.25, 0.3) is 0 Å². The lowest BCUT2D eigenvalue weighted by atomic mass is 10.2. The Hall–Kier alpha value is -1.69. The summed E-state index contributed by atoms with van der Waals surface area (Å²) in [5, 5.41) is 0. The van der Waals surface area contributed by atoms with E-state index in [1.54, 1.807) is 0 Å². The van der Waals surface area contributed by atoms with Crippen molar-refractivity contribution in [1.82, 2.24) is 19.8 Å². The van der Waals surface area contributed by atoms with Gasteiger partial charge in [0.1, 0.15) is 11.6 Å². The number of piperazine rings is 1. The number of hydrogen-bond donors (Lipinski definition) is 0. The van der Waals surface area contributed by atoms with Crippen LogP contribution in [-0.2, 0) is 4.79 Å². The van der Waals surface area contributed by atoms with E-state index in [1.807, 2.05) is 6.92 Å². The van der Waals surface area contributed by atoms with Gasteiger partial charge in [0.2, 0.25) is 5.91 Å². The predicted molar refractivity (Wildman–Crippen MR) is 109 cm³/mol. The number of nitrogens with zero attached hydrogens (tertiary/aromatic N) is 5. The van der Waals surface area contributed by atoms with E-state index in [4.69, 9.17) is 4.98 Å². The molecule has 6 heteroatoms. The molecule has 3 heterocycles. The molecule has 2 aliphatic heterocycles. The lowest BCUT2D eigenvalue weighted by Crippen LogP contribution is -2.55. The van der Waals surface area contributed by atoms with E-state index in [2.05, 4.69) is 46.5 Å². The molecule has 0 N–H and O–H groups in total. The molecule has 0 radical (unpaired) electrons. The average Bonchev–Trinajstić information content (AvgIpc) is 2.96. The minimum atomic E-state index is -0.0244. The fourth-order valence-corrected chi connectivity index (χ4v) is 4.04. The maximum absolute atomic E-state index is 12.9. The third kappa shape index (κ3) is 4.98. The fraction of sp³-hybridized carbons (Fsp3) is 0.762. The van der Waals surface area contributed by atoms with E-state index in [0.717, 1.165) is 69.4 Å². The van der Waals surface area contributed by atoms with Crippen LogP contribution in [0.3, 0.4) is 0 Å². The fourth-order valence-electron chi connectivity index (χ4n) is 4.04. The van der Waals surface area contributed by atoms with Gasteiger partial charge < -0.3 is 9.80 Å². The van der Waals surface area contributed by atoms with Crippen LogP contribution in [0.15, 0.2) is 6.07 Å². The zero-order valence-corrected chi connectivity index (χ0v) is 17.4. The first-order valence-electron chi connectivity index (χ1n) is 10.6. The lowest BCUT2D eigenvalue weighted by Gasteiger charge is -2.39. The quantitative estimate of drug-likeness (QED) is 0.812. The summed E-state index contributed by atoms with van der Waals surface area (Å²) in [6.45, 7) is 13.9. The van der Waals surface area contributed by atoms with Crippen molar-refractivity contribution in [3.8, 4) is 0 Å². The normalized spacial score (nSPS) is 20.6. The molecule has 150 valence electrons. The van der Waals surface area contributed by atoms with E-state index >= 15 is 0 Å². The van der Waals surface area contributed by atoms with Gasteiger partial charge in [0, 0.05) is 56.9 Å². The summed E-state index contributed by atoms with van der Waals surface area (Å²) in [4.78, 5) is 29.0. The van der Waals surface area contributed by atoms with Crippen LogP contribution in [0.2, 0.25) is 0 Å². The van der Waals surface area contributed by atoms with Crippen molar-refractivity contribution in [3.05, 3.63) is 17.6 Å². The van der Waals surface area contributed by atoms with Crippen LogP contribution >= 0.6 is 0 Å². The van der Waals surface area contributed by atoms with Crippen LogP contribution < -0.4 is 4.90 Å². The number of aryl methyl sites for hydroxylation is 1. The Morgan fingerprint density at radius 2 is 1.56 bits per heavy atom. The van der Waals surface area contributed by atoms with Crippen molar-refractivity contribution < 1.29 is 4.79 Å². The Kier molecular flexibility index (Phi) is 6.68. The van der Waals surface area contributed by atoms with Gasteiger partial charge in [-0.1, -0.05) is 26.7 Å². The third-order valence-electron chi connectivity index (χ3n) is 5.84. The molecule has 1 unspecified atom stereocenters. The second-order valence-electron chi connectivity index (χ2n) is 8.32. The van der Waals surface area contributed by atoms with E-state index in [0.29, 0.717) is 11.8 Å². The first-order valence-corrected chi connectivity index (χ1v) is 10.6. The zero-order valence-electron chi connectivity index (χ0n) is 17.4. The zero-order chi connectivity index (χ0) is 19.4. The number of rotatable bonds is 4. The molecule has 1 atom stereocenters. The highest BCUT2D eigenvalue weighted by molar-refractivity contribution is 5.81. The number of likely N-dealkylation sites (tertiary alicyclic amines) is 1. The minimum absolute atomic E-state index is 0.0244. The molecule has 1 aromatic rings. The largest absolute Gasteiger partial charge is 0.354 e. The molecule has 6 nitrogen and oxygen atoms in total. The molecule has 2 saturated heterocycles. The molecule has 0 aliphatic carbocycles. The Bertz CT molecular complexity index is 631. The van der Waals surface area contributed by atoms with Crippen LogP contribution in [0.1, 0.15) is 63.9 Å². The highest BCUT2D eigenvalue weighted by Crippen LogP contribution is 2.20. The summed E-state index contributed by atoms with van der Waals surface area (Å²) < 4.78 is 0. The molecular weight excluding hydrogens is 338 g/mol. The van der Waals surface area contributed by atoms with Crippen molar-refractivity contribution in [1.29, 1.82) is 0 Å². The van der Waals surface area contributed by atoms with Gasteiger partial charge in [-0.3, -0.25) is 9.69 Å². The topological polar surface area (TPSA) is 52.6 Å². The molecule has 0 spiro atoms. The van der Waals surface area contributed by atoms with Crippen LogP contribution in [-0.4, -0.2) is 71.0 Å². The molecule has 0 saturated carbocycles. The molecule has 2 fully saturated rings. The number of anilines is 1. The van der Waals surface area contributed by atoms with Gasteiger partial charge in [-0.25, -0.2) is 9.97 Å². The summed E-state index contributed by atoms with van der Waals surface area (Å²) in [6.07, 6.45) is 4.82. The summed E-state index contributed by atoms with van der Waals surface area (Å²) >= 11 is 0. The standard InChI is InChI=1S/C21H35N5O/c1-16(2)20-22-17(3)15-19(23-20)25-13-11-24(12-14-25)18(4)21(27)26-9-7-5-6-8-10-26/h15-16,18H,5-14H2,1-4H3. The molecule has 0 aromatic carbocycles. The number of amides is 1. The molecule has 27 heavy (non-hydrogen) atoms. The molecule has 2 aliphatic rings. The van der Waals surface area contributed by atoms with Gasteiger partial charge in [0.15, 0.2) is 0 Å². The van der Waals surface area contributed by atoms with E-state index in [-0.39, 0.29) is 6.04 Å². The predicted octanol–water partition coefficient (Wildman–Crippen LogP) is 2.82. The first kappa shape index (κ1) is 20.1. The van der Waals surface area contributed by atoms with Crippen LogP contribution in [0.25, 0.3) is 0 Å². The van der Waals surface area contributed by atoms with Crippen molar-refractivity contribution in [3.63, 3.8) is 0 Å². The molecule has 1 aromatic heterocycles. The molecular formula is C21H35N5O. The van der Waals surface area contributed by atoms with Crippen molar-refractivity contribution in [2.24, 2.45) is 0 Å². The van der Waals surface area contributed by atoms with Gasteiger partial charge >= 0.3 is 0 Å². The second-order valence-corrected chi connectivity index (χ2v) is 8.32. The number of carbonyl (C=O) groups is 1. The number of aromatic nitrogens is 2. The van der Waals surface area contributed by atoms with E-state index < -0.39 is 0 Å². The van der Waals surface area contributed by atoms with Crippen LogP contribution in [0.5, 0.6) is 0 Å². The first-order chi connectivity index (χ1) is 13.0. The monoisotopic (exact) mass is 373 g/mol. The molecule has 3 rings (SSSR count). The highest BCUT2D eigenvalue weighted by atomic mass is 16.2. The van der Waals surface area contributed by atoms with Gasteiger partial charge in [-0.15, -0.1) is 0 Å². The Labute approximate surface area is 164 Å². The van der Waals surface area contributed by atoms with Gasteiger partial charge in [0.05, 0.1) is 6.04 Å². The Morgan fingerprint density at radius 1 is 0.926 bits per heavy atom. The summed E-state index contributed by atoms with van der Waals surface area (Å²) in [6, 6.07) is 2.05. The Balaban J connectivity index is 1.59. The SMILES string of the molecule is Cc1cc(N2CCN(C(C)C(=O)N3CCCCCC3)CC2)nc(C(C)C)n1. The Morgan fingerprint density at radius 3 is 2.15 bits per heavy atom. The molecule has 0 bridgehead atoms. The van der Waals surface area contributed by atoms with E-state index in [1.165, 1.54) is 12.8 Å². The van der Waals surface area contributed by atoms with Crippen LogP contribution in [0, 0.1) is 6.92 Å². The van der Waals surface area contributed by atoms with Crippen molar-refractivity contribution >= 4 is 11.7 Å². The average molecular weight is 374 g/mol. The van der Waals surface area contributed by atoms with Gasteiger partial charge in [-0.05, 0) is 26.7 Å². The molecule has 1 amide bonds. The van der Waals surface area contributed by atoms with Crippen molar-refractivity contribution in [2.75, 3.05) is 44.2 Å². The summed E-state index contributed by atoms with van der Waals surface area (Å²) in [7, 11) is 0. The highest BCUT2D eigenvalue weighted by Gasteiger charge is 2.29. The second kappa shape index (κ2) is 9.00. The minimum Gasteiger partial charge on any atom is -0.354 e. The maximum atomic E-state index is 12.9. The maximum Gasteiger partial charge on any atom is 0.239 e. The van der Waals surface area contributed by atoms with E-state index in [9.17, 15) is 4.79 Å². The summed E-state index contributed by atoms with van der Waals surface area (Å²) in [5.41, 5.74) is 1.02. The summed E-state index contributed by atoms with van der Waals surface area (Å²) in [5.74, 6) is 2.58. The smallest absolute Gasteiger partial charge is 0.239 e.